The van der Waals surface area contributed by atoms with Crippen LogP contribution in [0, 0.1) is 5.92 Å². The molecule has 2 atom stereocenters. The minimum absolute atomic E-state index is 0.0836. The maximum Gasteiger partial charge on any atom is 0.410 e. The van der Waals surface area contributed by atoms with Crippen molar-refractivity contribution in [1.82, 2.24) is 4.90 Å². The number of piperidine rings is 1. The Morgan fingerprint density at radius 1 is 1.35 bits per heavy atom. The minimum Gasteiger partial charge on any atom is -0.481 e. The van der Waals surface area contributed by atoms with Crippen LogP contribution in [-0.4, -0.2) is 40.3 Å². The molecule has 0 aliphatic carbocycles. The smallest absolute Gasteiger partial charge is 0.410 e. The standard InChI is InChI=1S/C12H21NO4/c1-8-7-9(10(14)15)5-6-13(8)11(16)17-12(2,3)4/h8-9H,5-7H2,1-4H3,(H,14,15)/t8-,9+/m1/s1. The van der Waals surface area contributed by atoms with Crippen LogP contribution < -0.4 is 0 Å². The molecule has 1 aliphatic heterocycles. The van der Waals surface area contributed by atoms with E-state index < -0.39 is 11.6 Å². The molecule has 17 heavy (non-hydrogen) atoms. The van der Waals surface area contributed by atoms with E-state index in [4.69, 9.17) is 9.84 Å². The van der Waals surface area contributed by atoms with Gasteiger partial charge in [0.1, 0.15) is 5.60 Å². The average Bonchev–Trinajstić information content (AvgIpc) is 2.14. The number of carboxylic acid groups (broad SMARTS) is 1. The van der Waals surface area contributed by atoms with Crippen molar-refractivity contribution < 1.29 is 19.4 Å². The van der Waals surface area contributed by atoms with Crippen LogP contribution in [-0.2, 0) is 9.53 Å². The van der Waals surface area contributed by atoms with Crippen LogP contribution >= 0.6 is 0 Å². The lowest BCUT2D eigenvalue weighted by Gasteiger charge is -2.37. The van der Waals surface area contributed by atoms with Gasteiger partial charge in [0.25, 0.3) is 0 Å². The number of carbonyl (C=O) groups is 2. The molecule has 1 saturated heterocycles. The molecule has 0 aromatic carbocycles. The molecule has 1 N–H and O–H groups in total. The summed E-state index contributed by atoms with van der Waals surface area (Å²) in [6.07, 6.45) is 0.641. The predicted molar refractivity (Wildman–Crippen MR) is 62.8 cm³/mol. The van der Waals surface area contributed by atoms with Crippen molar-refractivity contribution in [3.63, 3.8) is 0 Å². The molecule has 1 aliphatic rings. The molecule has 1 rings (SSSR count). The number of hydrogen-bond acceptors (Lipinski definition) is 3. The van der Waals surface area contributed by atoms with E-state index >= 15 is 0 Å². The largest absolute Gasteiger partial charge is 0.481 e. The molecular weight excluding hydrogens is 222 g/mol. The third kappa shape index (κ3) is 3.91. The van der Waals surface area contributed by atoms with Crippen molar-refractivity contribution in [2.45, 2.75) is 52.2 Å². The Balaban J connectivity index is 2.58. The second-order valence-electron chi connectivity index (χ2n) is 5.58. The first-order valence-corrected chi connectivity index (χ1v) is 5.93. The second kappa shape index (κ2) is 4.94. The number of hydrogen-bond donors (Lipinski definition) is 1. The molecule has 0 aromatic heterocycles. The predicted octanol–water partition coefficient (Wildman–Crippen LogP) is 2.11. The first-order valence-electron chi connectivity index (χ1n) is 5.93. The van der Waals surface area contributed by atoms with Gasteiger partial charge in [-0.25, -0.2) is 4.79 Å². The van der Waals surface area contributed by atoms with E-state index in [0.717, 1.165) is 0 Å². The van der Waals surface area contributed by atoms with Gasteiger partial charge in [-0.15, -0.1) is 0 Å². The molecular formula is C12H21NO4. The summed E-state index contributed by atoms with van der Waals surface area (Å²) >= 11 is 0. The fraction of sp³-hybridized carbons (Fsp3) is 0.833. The van der Waals surface area contributed by atoms with Crippen LogP contribution in [0.5, 0.6) is 0 Å². The molecule has 0 aromatic rings. The van der Waals surface area contributed by atoms with Crippen molar-refractivity contribution in [2.75, 3.05) is 6.54 Å². The lowest BCUT2D eigenvalue weighted by atomic mass is 9.92. The zero-order chi connectivity index (χ0) is 13.2. The molecule has 0 spiro atoms. The molecule has 0 saturated carbocycles. The van der Waals surface area contributed by atoms with Crippen LogP contribution in [0.15, 0.2) is 0 Å². The zero-order valence-electron chi connectivity index (χ0n) is 10.9. The average molecular weight is 243 g/mol. The zero-order valence-corrected chi connectivity index (χ0v) is 10.9. The highest BCUT2D eigenvalue weighted by Gasteiger charge is 2.34. The molecule has 5 heteroatoms. The fourth-order valence-electron chi connectivity index (χ4n) is 1.99. The Morgan fingerprint density at radius 3 is 2.35 bits per heavy atom. The molecule has 98 valence electrons. The van der Waals surface area contributed by atoms with E-state index in [1.54, 1.807) is 4.90 Å². The Bertz CT molecular complexity index is 308. The minimum atomic E-state index is -0.777. The normalized spacial score (nSPS) is 25.5. The lowest BCUT2D eigenvalue weighted by Crippen LogP contribution is -2.47. The number of carboxylic acids is 1. The SMILES string of the molecule is C[C@@H]1C[C@@H](C(=O)O)CCN1C(=O)OC(C)(C)C. The van der Waals surface area contributed by atoms with Gasteiger partial charge in [0.15, 0.2) is 0 Å². The lowest BCUT2D eigenvalue weighted by molar-refractivity contribution is -0.144. The number of aliphatic carboxylic acids is 1. The summed E-state index contributed by atoms with van der Waals surface area (Å²) < 4.78 is 5.28. The van der Waals surface area contributed by atoms with Crippen LogP contribution in [0.25, 0.3) is 0 Å². The Morgan fingerprint density at radius 2 is 1.94 bits per heavy atom. The highest BCUT2D eigenvalue weighted by atomic mass is 16.6. The van der Waals surface area contributed by atoms with Gasteiger partial charge >= 0.3 is 12.1 Å². The number of carbonyl (C=O) groups excluding carboxylic acids is 1. The Labute approximate surface area is 102 Å². The van der Waals surface area contributed by atoms with Crippen LogP contribution in [0.2, 0.25) is 0 Å². The number of amides is 1. The maximum absolute atomic E-state index is 11.9. The summed E-state index contributed by atoms with van der Waals surface area (Å²) in [4.78, 5) is 24.3. The molecule has 1 amide bonds. The van der Waals surface area contributed by atoms with Gasteiger partial charge in [0, 0.05) is 12.6 Å². The van der Waals surface area contributed by atoms with Crippen molar-refractivity contribution in [1.29, 1.82) is 0 Å². The molecule has 1 heterocycles. The molecule has 5 nitrogen and oxygen atoms in total. The van der Waals surface area contributed by atoms with E-state index in [0.29, 0.717) is 19.4 Å². The van der Waals surface area contributed by atoms with Crippen molar-refractivity contribution >= 4 is 12.1 Å². The van der Waals surface area contributed by atoms with E-state index in [9.17, 15) is 9.59 Å². The third-order valence-corrected chi connectivity index (χ3v) is 2.85. The van der Waals surface area contributed by atoms with Crippen molar-refractivity contribution in [3.8, 4) is 0 Å². The maximum atomic E-state index is 11.9. The number of likely N-dealkylation sites (tertiary alicyclic amines) is 1. The monoisotopic (exact) mass is 243 g/mol. The summed E-state index contributed by atoms with van der Waals surface area (Å²) in [6, 6.07) is -0.0836. The van der Waals surface area contributed by atoms with E-state index in [1.165, 1.54) is 0 Å². The molecule has 0 unspecified atom stereocenters. The Hall–Kier alpha value is -1.26. The first kappa shape index (κ1) is 13.8. The van der Waals surface area contributed by atoms with Gasteiger partial charge < -0.3 is 14.7 Å². The molecule has 1 fully saturated rings. The summed E-state index contributed by atoms with van der Waals surface area (Å²) in [5.74, 6) is -1.12. The van der Waals surface area contributed by atoms with Crippen LogP contribution in [0.4, 0.5) is 4.79 Å². The van der Waals surface area contributed by atoms with E-state index in [-0.39, 0.29) is 18.1 Å². The van der Waals surface area contributed by atoms with E-state index in [2.05, 4.69) is 0 Å². The quantitative estimate of drug-likeness (QED) is 0.766. The van der Waals surface area contributed by atoms with Gasteiger partial charge in [0.05, 0.1) is 5.92 Å². The number of ether oxygens (including phenoxy) is 1. The highest BCUT2D eigenvalue weighted by Crippen LogP contribution is 2.24. The summed E-state index contributed by atoms with van der Waals surface area (Å²) in [5, 5.41) is 8.93. The Kier molecular flexibility index (Phi) is 4.01. The van der Waals surface area contributed by atoms with Gasteiger partial charge in [-0.3, -0.25) is 4.79 Å². The first-order chi connectivity index (χ1) is 7.70. The van der Waals surface area contributed by atoms with Gasteiger partial charge in [-0.1, -0.05) is 0 Å². The van der Waals surface area contributed by atoms with Crippen molar-refractivity contribution in [2.24, 2.45) is 5.92 Å². The van der Waals surface area contributed by atoms with Crippen LogP contribution in [0.3, 0.4) is 0 Å². The van der Waals surface area contributed by atoms with Gasteiger partial charge in [-0.2, -0.15) is 0 Å². The topological polar surface area (TPSA) is 66.8 Å². The number of nitrogens with zero attached hydrogens (tertiary/aromatic N) is 1. The summed E-state index contributed by atoms with van der Waals surface area (Å²) in [5.41, 5.74) is -0.513. The van der Waals surface area contributed by atoms with Gasteiger partial charge in [0.2, 0.25) is 0 Å². The van der Waals surface area contributed by atoms with Crippen molar-refractivity contribution in [3.05, 3.63) is 0 Å². The molecule has 0 bridgehead atoms. The fourth-order valence-corrected chi connectivity index (χ4v) is 1.99. The number of rotatable bonds is 1. The van der Waals surface area contributed by atoms with Gasteiger partial charge in [-0.05, 0) is 40.5 Å². The third-order valence-electron chi connectivity index (χ3n) is 2.85. The van der Waals surface area contributed by atoms with E-state index in [1.807, 2.05) is 27.7 Å². The molecule has 0 radical (unpaired) electrons. The summed E-state index contributed by atoms with van der Waals surface area (Å²) in [7, 11) is 0. The summed E-state index contributed by atoms with van der Waals surface area (Å²) in [6.45, 7) is 7.77. The second-order valence-corrected chi connectivity index (χ2v) is 5.58. The van der Waals surface area contributed by atoms with Crippen LogP contribution in [0.1, 0.15) is 40.5 Å². The highest BCUT2D eigenvalue weighted by molar-refractivity contribution is 5.72.